The fourth-order valence-corrected chi connectivity index (χ4v) is 1.23. The summed E-state index contributed by atoms with van der Waals surface area (Å²) in [6.45, 7) is 0.0903. The molecule has 3 N–H and O–H groups in total. The third-order valence-corrected chi connectivity index (χ3v) is 2.17. The highest BCUT2D eigenvalue weighted by Crippen LogP contribution is 2.03. The molecule has 2 unspecified atom stereocenters. The molecular weight excluding hydrogens is 222 g/mol. The topological polar surface area (TPSA) is 89.6 Å². The van der Waals surface area contributed by atoms with Gasteiger partial charge < -0.3 is 20.4 Å². The van der Waals surface area contributed by atoms with Crippen molar-refractivity contribution < 1.29 is 19.4 Å². The van der Waals surface area contributed by atoms with E-state index in [4.69, 9.17) is 10.5 Å². The molecule has 17 heavy (non-hydrogen) atoms. The first-order valence-electron chi connectivity index (χ1n) is 5.23. The molecule has 0 aliphatic carbocycles. The SMILES string of the molecule is NC(C=O)CC(O)C(=O)OCc1ccccc1. The average molecular weight is 237 g/mol. The van der Waals surface area contributed by atoms with Gasteiger partial charge in [-0.25, -0.2) is 4.79 Å². The van der Waals surface area contributed by atoms with Gasteiger partial charge in [-0.1, -0.05) is 30.3 Å². The van der Waals surface area contributed by atoms with Gasteiger partial charge in [0.05, 0.1) is 6.04 Å². The summed E-state index contributed by atoms with van der Waals surface area (Å²) in [4.78, 5) is 21.6. The molecule has 0 fully saturated rings. The molecule has 0 saturated carbocycles. The van der Waals surface area contributed by atoms with E-state index < -0.39 is 18.1 Å². The van der Waals surface area contributed by atoms with Crippen LogP contribution in [0.5, 0.6) is 0 Å². The van der Waals surface area contributed by atoms with Gasteiger partial charge in [-0.15, -0.1) is 0 Å². The molecule has 0 aliphatic rings. The van der Waals surface area contributed by atoms with E-state index in [0.717, 1.165) is 5.56 Å². The van der Waals surface area contributed by atoms with E-state index in [1.807, 2.05) is 18.2 Å². The van der Waals surface area contributed by atoms with E-state index >= 15 is 0 Å². The standard InChI is InChI=1S/C12H15NO4/c13-10(7-14)6-11(15)12(16)17-8-9-4-2-1-3-5-9/h1-5,7,10-11,15H,6,8,13H2. The van der Waals surface area contributed by atoms with Gasteiger partial charge in [0.2, 0.25) is 0 Å². The highest BCUT2D eigenvalue weighted by molar-refractivity contribution is 5.75. The Morgan fingerprint density at radius 1 is 1.41 bits per heavy atom. The van der Waals surface area contributed by atoms with Gasteiger partial charge in [0.1, 0.15) is 12.9 Å². The Labute approximate surface area is 99.2 Å². The van der Waals surface area contributed by atoms with Crippen LogP contribution in [0.1, 0.15) is 12.0 Å². The third-order valence-electron chi connectivity index (χ3n) is 2.17. The smallest absolute Gasteiger partial charge is 0.335 e. The number of hydrogen-bond donors (Lipinski definition) is 2. The lowest BCUT2D eigenvalue weighted by atomic mass is 10.1. The zero-order valence-electron chi connectivity index (χ0n) is 9.28. The number of esters is 1. The molecule has 0 radical (unpaired) electrons. The molecule has 1 aromatic rings. The Kier molecular flexibility index (Phi) is 5.32. The number of nitrogens with two attached hydrogens (primary N) is 1. The predicted molar refractivity (Wildman–Crippen MR) is 60.9 cm³/mol. The van der Waals surface area contributed by atoms with Crippen molar-refractivity contribution in [2.75, 3.05) is 0 Å². The molecule has 2 atom stereocenters. The van der Waals surface area contributed by atoms with Crippen molar-refractivity contribution in [3.63, 3.8) is 0 Å². The second-order valence-corrected chi connectivity index (χ2v) is 3.64. The van der Waals surface area contributed by atoms with Crippen LogP contribution >= 0.6 is 0 Å². The Bertz CT molecular complexity index is 366. The van der Waals surface area contributed by atoms with Crippen LogP contribution in [0.3, 0.4) is 0 Å². The summed E-state index contributed by atoms with van der Waals surface area (Å²) >= 11 is 0. The summed E-state index contributed by atoms with van der Waals surface area (Å²) in [6, 6.07) is 8.25. The fourth-order valence-electron chi connectivity index (χ4n) is 1.23. The molecule has 92 valence electrons. The number of aliphatic hydroxyl groups excluding tert-OH is 1. The molecule has 0 spiro atoms. The molecule has 5 nitrogen and oxygen atoms in total. The number of ether oxygens (including phenoxy) is 1. The zero-order chi connectivity index (χ0) is 12.7. The summed E-state index contributed by atoms with van der Waals surface area (Å²) in [5.74, 6) is -0.772. The minimum Gasteiger partial charge on any atom is -0.459 e. The Morgan fingerprint density at radius 2 is 2.06 bits per heavy atom. The largest absolute Gasteiger partial charge is 0.459 e. The first-order valence-corrected chi connectivity index (χ1v) is 5.23. The summed E-state index contributed by atoms with van der Waals surface area (Å²) in [6.07, 6.45) is -1.01. The van der Waals surface area contributed by atoms with Gasteiger partial charge in [0.15, 0.2) is 6.10 Å². The van der Waals surface area contributed by atoms with Crippen LogP contribution in [0.15, 0.2) is 30.3 Å². The van der Waals surface area contributed by atoms with Crippen molar-refractivity contribution in [2.45, 2.75) is 25.2 Å². The molecule has 5 heteroatoms. The van der Waals surface area contributed by atoms with Crippen molar-refractivity contribution in [3.8, 4) is 0 Å². The van der Waals surface area contributed by atoms with E-state index in [-0.39, 0.29) is 13.0 Å². The molecule has 0 aromatic heterocycles. The quantitative estimate of drug-likeness (QED) is 0.537. The van der Waals surface area contributed by atoms with Crippen molar-refractivity contribution in [1.29, 1.82) is 0 Å². The van der Waals surface area contributed by atoms with E-state index in [1.54, 1.807) is 12.1 Å². The zero-order valence-corrected chi connectivity index (χ0v) is 9.28. The molecule has 0 aliphatic heterocycles. The predicted octanol–water partition coefficient (Wildman–Crippen LogP) is 0.00700. The fraction of sp³-hybridized carbons (Fsp3) is 0.333. The van der Waals surface area contributed by atoms with Crippen LogP contribution in [0.2, 0.25) is 0 Å². The van der Waals surface area contributed by atoms with Gasteiger partial charge in [-0.05, 0) is 5.56 Å². The maximum absolute atomic E-state index is 11.3. The first kappa shape index (κ1) is 13.3. The summed E-state index contributed by atoms with van der Waals surface area (Å²) < 4.78 is 4.87. The maximum Gasteiger partial charge on any atom is 0.335 e. The molecule has 0 bridgehead atoms. The number of hydrogen-bond acceptors (Lipinski definition) is 5. The van der Waals surface area contributed by atoms with E-state index in [0.29, 0.717) is 6.29 Å². The van der Waals surface area contributed by atoms with Gasteiger partial charge in [-0.2, -0.15) is 0 Å². The highest BCUT2D eigenvalue weighted by atomic mass is 16.5. The number of carbonyl (C=O) groups is 2. The Morgan fingerprint density at radius 3 is 2.65 bits per heavy atom. The van der Waals surface area contributed by atoms with Gasteiger partial charge in [0.25, 0.3) is 0 Å². The molecule has 0 amide bonds. The number of rotatable bonds is 6. The summed E-state index contributed by atoms with van der Waals surface area (Å²) in [7, 11) is 0. The Balaban J connectivity index is 2.36. The van der Waals surface area contributed by atoms with Crippen LogP contribution in [-0.4, -0.2) is 29.5 Å². The molecule has 1 rings (SSSR count). The minimum atomic E-state index is -1.36. The second kappa shape index (κ2) is 6.78. The van der Waals surface area contributed by atoms with Crippen LogP contribution in [0, 0.1) is 0 Å². The lowest BCUT2D eigenvalue weighted by Gasteiger charge is -2.11. The Hall–Kier alpha value is -1.72. The molecule has 0 saturated heterocycles. The van der Waals surface area contributed by atoms with E-state index in [1.165, 1.54) is 0 Å². The van der Waals surface area contributed by atoms with Crippen LogP contribution in [0.4, 0.5) is 0 Å². The highest BCUT2D eigenvalue weighted by Gasteiger charge is 2.19. The van der Waals surface area contributed by atoms with Gasteiger partial charge in [0, 0.05) is 6.42 Å². The number of carbonyl (C=O) groups excluding carboxylic acids is 2. The summed E-state index contributed by atoms with van der Waals surface area (Å²) in [5, 5.41) is 9.38. The van der Waals surface area contributed by atoms with Crippen molar-refractivity contribution in [1.82, 2.24) is 0 Å². The number of aldehydes is 1. The van der Waals surface area contributed by atoms with Crippen LogP contribution < -0.4 is 5.73 Å². The van der Waals surface area contributed by atoms with E-state index in [2.05, 4.69) is 0 Å². The first-order chi connectivity index (χ1) is 8.13. The lowest BCUT2D eigenvalue weighted by Crippen LogP contribution is -2.33. The minimum absolute atomic E-state index is 0.0903. The summed E-state index contributed by atoms with van der Waals surface area (Å²) in [5.41, 5.74) is 6.11. The van der Waals surface area contributed by atoms with Crippen LogP contribution in [0.25, 0.3) is 0 Å². The normalized spacial score (nSPS) is 13.8. The lowest BCUT2D eigenvalue weighted by molar-refractivity contribution is -0.155. The third kappa shape index (κ3) is 4.76. The van der Waals surface area contributed by atoms with E-state index in [9.17, 15) is 14.7 Å². The molecule has 0 heterocycles. The van der Waals surface area contributed by atoms with Gasteiger partial charge in [-0.3, -0.25) is 0 Å². The second-order valence-electron chi connectivity index (χ2n) is 3.64. The van der Waals surface area contributed by atoms with Gasteiger partial charge >= 0.3 is 5.97 Å². The maximum atomic E-state index is 11.3. The van der Waals surface area contributed by atoms with Crippen molar-refractivity contribution in [3.05, 3.63) is 35.9 Å². The number of benzene rings is 1. The van der Waals surface area contributed by atoms with Crippen molar-refractivity contribution in [2.24, 2.45) is 5.73 Å². The monoisotopic (exact) mass is 237 g/mol. The van der Waals surface area contributed by atoms with Crippen molar-refractivity contribution >= 4 is 12.3 Å². The average Bonchev–Trinajstić information content (AvgIpc) is 2.36. The molecular formula is C12H15NO4. The van der Waals surface area contributed by atoms with Crippen LogP contribution in [-0.2, 0) is 20.9 Å². The number of aliphatic hydroxyl groups is 1. The molecule has 1 aromatic carbocycles.